The summed E-state index contributed by atoms with van der Waals surface area (Å²) in [6, 6.07) is 6.79. The van der Waals surface area contributed by atoms with Crippen molar-refractivity contribution in [2.24, 2.45) is 0 Å². The van der Waals surface area contributed by atoms with Gasteiger partial charge in [0.2, 0.25) is 11.9 Å². The van der Waals surface area contributed by atoms with Crippen molar-refractivity contribution in [2.75, 3.05) is 34.8 Å². The van der Waals surface area contributed by atoms with Crippen LogP contribution < -0.4 is 20.4 Å². The van der Waals surface area contributed by atoms with Gasteiger partial charge < -0.3 is 20.4 Å². The number of carbonyl (C=O) groups is 1. The molecule has 10 heteroatoms. The van der Waals surface area contributed by atoms with Gasteiger partial charge in [-0.1, -0.05) is 6.07 Å². The van der Waals surface area contributed by atoms with E-state index in [4.69, 9.17) is 0 Å². The molecule has 0 spiro atoms. The van der Waals surface area contributed by atoms with Crippen molar-refractivity contribution in [2.45, 2.75) is 39.8 Å². The summed E-state index contributed by atoms with van der Waals surface area (Å²) in [5.41, 5.74) is 3.12. The quantitative estimate of drug-likeness (QED) is 0.589. The van der Waals surface area contributed by atoms with Crippen molar-refractivity contribution in [3.8, 4) is 11.3 Å². The lowest BCUT2D eigenvalue weighted by Gasteiger charge is -2.40. The van der Waals surface area contributed by atoms with E-state index in [9.17, 15) is 9.18 Å². The normalized spacial score (nSPS) is 15.1. The van der Waals surface area contributed by atoms with E-state index in [1.54, 1.807) is 6.07 Å². The van der Waals surface area contributed by atoms with Crippen LogP contribution in [0.5, 0.6) is 0 Å². The first-order chi connectivity index (χ1) is 16.8. The molecule has 0 saturated heterocycles. The van der Waals surface area contributed by atoms with Gasteiger partial charge in [0.25, 0.3) is 0 Å². The van der Waals surface area contributed by atoms with Crippen molar-refractivity contribution in [3.05, 3.63) is 53.4 Å². The SMILES string of the molecule is CC(=O)N1CCN(C(C)C)c2cc(-c3nc(Nc4ccc5c(n4)CCNC5)ncc3F)cc(F)c21. The van der Waals surface area contributed by atoms with Gasteiger partial charge in [-0.05, 0) is 37.6 Å². The predicted octanol–water partition coefficient (Wildman–Crippen LogP) is 3.79. The minimum Gasteiger partial charge on any atom is -0.366 e. The maximum absolute atomic E-state index is 15.4. The zero-order valence-electron chi connectivity index (χ0n) is 19.9. The lowest BCUT2D eigenvalue weighted by molar-refractivity contribution is -0.116. The summed E-state index contributed by atoms with van der Waals surface area (Å²) in [5, 5.41) is 6.34. The molecule has 2 aliphatic rings. The Morgan fingerprint density at radius 3 is 2.74 bits per heavy atom. The van der Waals surface area contributed by atoms with Crippen LogP contribution in [0.1, 0.15) is 32.0 Å². The van der Waals surface area contributed by atoms with E-state index in [-0.39, 0.29) is 34.8 Å². The minimum absolute atomic E-state index is 0.0324. The highest BCUT2D eigenvalue weighted by atomic mass is 19.1. The number of rotatable bonds is 4. The van der Waals surface area contributed by atoms with Crippen LogP contribution in [-0.2, 0) is 17.8 Å². The van der Waals surface area contributed by atoms with Crippen molar-refractivity contribution in [1.29, 1.82) is 0 Å². The van der Waals surface area contributed by atoms with E-state index in [0.717, 1.165) is 37.0 Å². The first kappa shape index (κ1) is 23.1. The summed E-state index contributed by atoms with van der Waals surface area (Å²) < 4.78 is 30.3. The molecular formula is C25H27F2N7O. The molecule has 0 atom stereocenters. The third-order valence-electron chi connectivity index (χ3n) is 6.37. The Labute approximate surface area is 202 Å². The van der Waals surface area contributed by atoms with E-state index >= 15 is 4.39 Å². The second-order valence-corrected chi connectivity index (χ2v) is 9.03. The lowest BCUT2D eigenvalue weighted by Crippen LogP contribution is -2.46. The number of hydrogen-bond donors (Lipinski definition) is 2. The number of aromatic nitrogens is 3. The van der Waals surface area contributed by atoms with Gasteiger partial charge in [0.05, 0.1) is 11.9 Å². The largest absolute Gasteiger partial charge is 0.366 e. The number of nitrogens with zero attached hydrogens (tertiary/aromatic N) is 5. The topological polar surface area (TPSA) is 86.3 Å². The highest BCUT2D eigenvalue weighted by Gasteiger charge is 2.30. The number of halogens is 2. The summed E-state index contributed by atoms with van der Waals surface area (Å²) in [4.78, 5) is 28.6. The minimum atomic E-state index is -0.672. The second kappa shape index (κ2) is 9.18. The monoisotopic (exact) mass is 479 g/mol. The fourth-order valence-corrected chi connectivity index (χ4v) is 4.65. The second-order valence-electron chi connectivity index (χ2n) is 9.03. The van der Waals surface area contributed by atoms with Gasteiger partial charge in [0.1, 0.15) is 23.0 Å². The predicted molar refractivity (Wildman–Crippen MR) is 131 cm³/mol. The number of nitrogens with one attached hydrogen (secondary N) is 2. The number of carbonyl (C=O) groups excluding carboxylic acids is 1. The number of benzene rings is 1. The van der Waals surface area contributed by atoms with Gasteiger partial charge in [-0.2, -0.15) is 0 Å². The molecular weight excluding hydrogens is 452 g/mol. The van der Waals surface area contributed by atoms with Crippen LogP contribution in [0.2, 0.25) is 0 Å². The molecule has 1 aromatic carbocycles. The molecule has 2 N–H and O–H groups in total. The van der Waals surface area contributed by atoms with Crippen molar-refractivity contribution in [3.63, 3.8) is 0 Å². The van der Waals surface area contributed by atoms with Gasteiger partial charge in [-0.3, -0.25) is 4.79 Å². The van der Waals surface area contributed by atoms with Crippen molar-refractivity contribution >= 4 is 29.0 Å². The van der Waals surface area contributed by atoms with E-state index in [2.05, 4.69) is 25.6 Å². The molecule has 5 rings (SSSR count). The molecule has 1 amide bonds. The summed E-state index contributed by atoms with van der Waals surface area (Å²) in [6.07, 6.45) is 1.88. The maximum atomic E-state index is 15.4. The Balaban J connectivity index is 1.53. The Hall–Kier alpha value is -3.66. The number of pyridine rings is 1. The molecule has 2 aliphatic heterocycles. The van der Waals surface area contributed by atoms with Gasteiger partial charge >= 0.3 is 0 Å². The third kappa shape index (κ3) is 4.41. The molecule has 0 saturated carbocycles. The van der Waals surface area contributed by atoms with Crippen LogP contribution in [0.4, 0.5) is 31.9 Å². The Bertz CT molecular complexity index is 1300. The van der Waals surface area contributed by atoms with Crippen LogP contribution in [0, 0.1) is 11.6 Å². The van der Waals surface area contributed by atoms with Gasteiger partial charge in [0, 0.05) is 56.8 Å². The summed E-state index contributed by atoms with van der Waals surface area (Å²) in [7, 11) is 0. The zero-order chi connectivity index (χ0) is 24.7. The molecule has 182 valence electrons. The van der Waals surface area contributed by atoms with Crippen molar-refractivity contribution < 1.29 is 13.6 Å². The molecule has 0 aliphatic carbocycles. The average molecular weight is 480 g/mol. The maximum Gasteiger partial charge on any atom is 0.229 e. The first-order valence-electron chi connectivity index (χ1n) is 11.7. The fraction of sp³-hybridized carbons (Fsp3) is 0.360. The number of anilines is 4. The average Bonchev–Trinajstić information content (AvgIpc) is 2.84. The fourth-order valence-electron chi connectivity index (χ4n) is 4.65. The molecule has 0 fully saturated rings. The standard InChI is InChI=1S/C25H27F2N7O/c1-14(2)33-8-9-34(15(3)35)24-18(26)10-17(11-21(24)33)23-19(27)13-29-25(32-23)31-22-5-4-16-12-28-7-6-20(16)30-22/h4-5,10-11,13-14,28H,6-9,12H2,1-3H3,(H,29,30,31,32). The number of amides is 1. The highest BCUT2D eigenvalue weighted by molar-refractivity contribution is 5.97. The van der Waals surface area contributed by atoms with Crippen LogP contribution in [-0.4, -0.2) is 46.5 Å². The Kier molecular flexibility index (Phi) is 6.06. The van der Waals surface area contributed by atoms with Crippen molar-refractivity contribution in [1.82, 2.24) is 20.3 Å². The van der Waals surface area contributed by atoms with Gasteiger partial charge in [-0.15, -0.1) is 0 Å². The summed E-state index contributed by atoms with van der Waals surface area (Å²) >= 11 is 0. The van der Waals surface area contributed by atoms with E-state index in [1.165, 1.54) is 17.9 Å². The van der Waals surface area contributed by atoms with Gasteiger partial charge in [0.15, 0.2) is 5.82 Å². The van der Waals surface area contributed by atoms with E-state index < -0.39 is 11.6 Å². The molecule has 3 aromatic rings. The molecule has 0 bridgehead atoms. The molecule has 4 heterocycles. The molecule has 0 radical (unpaired) electrons. The van der Waals surface area contributed by atoms with Crippen LogP contribution >= 0.6 is 0 Å². The molecule has 8 nitrogen and oxygen atoms in total. The van der Waals surface area contributed by atoms with Crippen LogP contribution in [0.3, 0.4) is 0 Å². The molecule has 2 aromatic heterocycles. The van der Waals surface area contributed by atoms with Crippen LogP contribution in [0.25, 0.3) is 11.3 Å². The Morgan fingerprint density at radius 1 is 1.14 bits per heavy atom. The highest BCUT2D eigenvalue weighted by Crippen LogP contribution is 2.40. The Morgan fingerprint density at radius 2 is 1.97 bits per heavy atom. The summed E-state index contributed by atoms with van der Waals surface area (Å²) in [6.45, 7) is 7.97. The smallest absolute Gasteiger partial charge is 0.229 e. The number of hydrogen-bond acceptors (Lipinski definition) is 7. The number of fused-ring (bicyclic) bond motifs is 2. The zero-order valence-corrected chi connectivity index (χ0v) is 19.9. The summed E-state index contributed by atoms with van der Waals surface area (Å²) in [5.74, 6) is -0.797. The lowest BCUT2D eigenvalue weighted by atomic mass is 10.0. The first-order valence-corrected chi connectivity index (χ1v) is 11.7. The molecule has 35 heavy (non-hydrogen) atoms. The third-order valence-corrected chi connectivity index (χ3v) is 6.37. The van der Waals surface area contributed by atoms with E-state index in [0.29, 0.717) is 24.6 Å². The van der Waals surface area contributed by atoms with Crippen LogP contribution in [0.15, 0.2) is 30.5 Å². The molecule has 0 unspecified atom stereocenters. The van der Waals surface area contributed by atoms with E-state index in [1.807, 2.05) is 30.9 Å². The van der Waals surface area contributed by atoms with Gasteiger partial charge in [-0.25, -0.2) is 23.7 Å².